The molecule has 0 bridgehead atoms. The Morgan fingerprint density at radius 2 is 1.86 bits per heavy atom. The van der Waals surface area contributed by atoms with E-state index in [1.807, 2.05) is 42.5 Å². The smallest absolute Gasteiger partial charge is 0.360 e. The molecule has 1 aliphatic heterocycles. The minimum absolute atomic E-state index is 0.0471. The summed E-state index contributed by atoms with van der Waals surface area (Å²) in [7, 11) is 2.93. The van der Waals surface area contributed by atoms with Gasteiger partial charge < -0.3 is 14.8 Å². The van der Waals surface area contributed by atoms with E-state index >= 15 is 0 Å². The predicted molar refractivity (Wildman–Crippen MR) is 135 cm³/mol. The van der Waals surface area contributed by atoms with Crippen LogP contribution in [0.5, 0.6) is 5.75 Å². The van der Waals surface area contributed by atoms with Crippen LogP contribution in [0.15, 0.2) is 66.4 Å². The summed E-state index contributed by atoms with van der Waals surface area (Å²) in [5.41, 5.74) is 3.40. The van der Waals surface area contributed by atoms with E-state index in [-0.39, 0.29) is 23.7 Å². The summed E-state index contributed by atoms with van der Waals surface area (Å²) in [6.45, 7) is 3.72. The van der Waals surface area contributed by atoms with Crippen molar-refractivity contribution in [2.24, 2.45) is 0 Å². The Balaban J connectivity index is 1.49. The molecule has 0 unspecified atom stereocenters. The molecule has 2 atom stereocenters. The summed E-state index contributed by atoms with van der Waals surface area (Å²) < 4.78 is 11.6. The first-order valence-electron chi connectivity index (χ1n) is 11.8. The van der Waals surface area contributed by atoms with Gasteiger partial charge in [-0.15, -0.1) is 5.10 Å². The minimum Gasteiger partial charge on any atom is -0.497 e. The quantitative estimate of drug-likeness (QED) is 0.461. The second kappa shape index (κ2) is 11.6. The Morgan fingerprint density at radius 1 is 1.11 bits per heavy atom. The monoisotopic (exact) mass is 489 g/mol. The van der Waals surface area contributed by atoms with Crippen molar-refractivity contribution in [3.05, 3.63) is 83.2 Å². The van der Waals surface area contributed by atoms with Crippen LogP contribution in [0.2, 0.25) is 0 Å². The second-order valence-electron chi connectivity index (χ2n) is 8.88. The third-order valence-corrected chi connectivity index (χ3v) is 6.25. The number of hydrogen-bond acceptors (Lipinski definition) is 7. The van der Waals surface area contributed by atoms with Crippen molar-refractivity contribution in [3.8, 4) is 5.75 Å². The van der Waals surface area contributed by atoms with Gasteiger partial charge in [0.15, 0.2) is 5.69 Å². The van der Waals surface area contributed by atoms with Gasteiger partial charge in [-0.1, -0.05) is 59.3 Å². The number of nitrogens with one attached hydrogen (secondary N) is 1. The van der Waals surface area contributed by atoms with Crippen LogP contribution in [0, 0.1) is 0 Å². The van der Waals surface area contributed by atoms with Crippen molar-refractivity contribution < 1.29 is 19.1 Å². The highest BCUT2D eigenvalue weighted by atomic mass is 16.5. The fourth-order valence-electron chi connectivity index (χ4n) is 4.42. The van der Waals surface area contributed by atoms with Crippen LogP contribution in [0.3, 0.4) is 0 Å². The van der Waals surface area contributed by atoms with E-state index < -0.39 is 5.97 Å². The third-order valence-electron chi connectivity index (χ3n) is 6.25. The van der Waals surface area contributed by atoms with Gasteiger partial charge in [0.25, 0.3) is 0 Å². The Kier molecular flexibility index (Phi) is 8.12. The van der Waals surface area contributed by atoms with Gasteiger partial charge in [0, 0.05) is 19.6 Å². The molecule has 9 nitrogen and oxygen atoms in total. The molecule has 0 spiro atoms. The molecule has 2 aromatic carbocycles. The Bertz CT molecular complexity index is 1210. The molecule has 1 aliphatic rings. The molecule has 3 aromatic rings. The van der Waals surface area contributed by atoms with E-state index in [9.17, 15) is 9.59 Å². The summed E-state index contributed by atoms with van der Waals surface area (Å²) in [5.74, 6) is 0.190. The van der Waals surface area contributed by atoms with E-state index in [1.54, 1.807) is 18.0 Å². The van der Waals surface area contributed by atoms with Gasteiger partial charge >= 0.3 is 5.97 Å². The first kappa shape index (κ1) is 25.1. The number of carbonyl (C=O) groups excluding carboxylic acids is 2. The van der Waals surface area contributed by atoms with Gasteiger partial charge in [-0.25, -0.2) is 9.48 Å². The van der Waals surface area contributed by atoms with E-state index in [0.717, 1.165) is 22.4 Å². The molecular weight excluding hydrogens is 458 g/mol. The Morgan fingerprint density at radius 3 is 2.56 bits per heavy atom. The molecular formula is C27H31N5O4. The number of hydrogen-bond donors (Lipinski definition) is 1. The van der Waals surface area contributed by atoms with E-state index in [1.165, 1.54) is 7.11 Å². The number of carbonyl (C=O) groups is 2. The standard InChI is InChI=1S/C27H31N5O4/c1-19(13-20-7-5-4-6-8-20)16-31-17-22(32-18-24(29-30-32)27(34)36-3)14-25(31)26(33)28-15-21-9-11-23(35-2)12-10-21/h4-13,18,22,25H,14-17H2,1-3H3,(H,28,33)/b19-13+/t22-,25+/m1/s1. The second-order valence-corrected chi connectivity index (χ2v) is 8.88. The number of likely N-dealkylation sites (tertiary alicyclic amines) is 1. The fourth-order valence-corrected chi connectivity index (χ4v) is 4.42. The SMILES string of the molecule is COC(=O)c1cn([C@@H]2C[C@@H](C(=O)NCc3ccc(OC)cc3)N(C/C(C)=C/c3ccccc3)C2)nn1. The maximum atomic E-state index is 13.3. The van der Waals surface area contributed by atoms with E-state index in [0.29, 0.717) is 26.1 Å². The molecule has 1 fully saturated rings. The van der Waals surface area contributed by atoms with Gasteiger partial charge in [-0.3, -0.25) is 9.69 Å². The molecule has 36 heavy (non-hydrogen) atoms. The Hall–Kier alpha value is -3.98. The molecule has 188 valence electrons. The number of ether oxygens (including phenoxy) is 2. The third kappa shape index (κ3) is 6.17. The maximum Gasteiger partial charge on any atom is 0.360 e. The molecule has 0 radical (unpaired) electrons. The lowest BCUT2D eigenvalue weighted by Crippen LogP contribution is -2.43. The zero-order valence-electron chi connectivity index (χ0n) is 20.8. The van der Waals surface area contributed by atoms with E-state index in [2.05, 4.69) is 45.7 Å². The molecule has 2 heterocycles. The molecule has 9 heteroatoms. The number of methoxy groups -OCH3 is 2. The van der Waals surface area contributed by atoms with Crippen molar-refractivity contribution in [2.75, 3.05) is 27.3 Å². The van der Waals surface area contributed by atoms with Crippen molar-refractivity contribution in [3.63, 3.8) is 0 Å². The van der Waals surface area contributed by atoms with Crippen LogP contribution in [0.1, 0.15) is 41.0 Å². The number of amides is 1. The average Bonchev–Trinajstić information content (AvgIpc) is 3.55. The average molecular weight is 490 g/mol. The highest BCUT2D eigenvalue weighted by Gasteiger charge is 2.38. The summed E-state index contributed by atoms with van der Waals surface area (Å²) >= 11 is 0. The van der Waals surface area contributed by atoms with Crippen LogP contribution in [0.4, 0.5) is 0 Å². The maximum absolute atomic E-state index is 13.3. The first-order chi connectivity index (χ1) is 17.5. The lowest BCUT2D eigenvalue weighted by Gasteiger charge is -2.24. The van der Waals surface area contributed by atoms with E-state index in [4.69, 9.17) is 9.47 Å². The molecule has 1 N–H and O–H groups in total. The molecule has 0 saturated carbocycles. The number of aromatic nitrogens is 3. The molecule has 0 aliphatic carbocycles. The minimum atomic E-state index is -0.536. The normalized spacial score (nSPS) is 18.1. The van der Waals surface area contributed by atoms with Crippen LogP contribution in [-0.2, 0) is 16.1 Å². The summed E-state index contributed by atoms with van der Waals surface area (Å²) in [6, 6.07) is 17.3. The van der Waals surface area contributed by atoms with Crippen LogP contribution in [0.25, 0.3) is 6.08 Å². The molecule has 1 aromatic heterocycles. The number of nitrogens with zero attached hydrogens (tertiary/aromatic N) is 4. The van der Waals surface area contributed by atoms with Crippen LogP contribution >= 0.6 is 0 Å². The number of esters is 1. The molecule has 4 rings (SSSR count). The highest BCUT2D eigenvalue weighted by molar-refractivity contribution is 5.86. The van der Waals surface area contributed by atoms with Crippen molar-refractivity contribution in [1.82, 2.24) is 25.2 Å². The van der Waals surface area contributed by atoms with Gasteiger partial charge in [0.2, 0.25) is 5.91 Å². The van der Waals surface area contributed by atoms with Crippen LogP contribution < -0.4 is 10.1 Å². The van der Waals surface area contributed by atoms with Crippen LogP contribution in [-0.4, -0.2) is 65.1 Å². The fraction of sp³-hybridized carbons (Fsp3) is 0.333. The Labute approximate surface area is 210 Å². The summed E-state index contributed by atoms with van der Waals surface area (Å²) in [6.07, 6.45) is 4.26. The highest BCUT2D eigenvalue weighted by Crippen LogP contribution is 2.28. The molecule has 1 amide bonds. The largest absolute Gasteiger partial charge is 0.497 e. The summed E-state index contributed by atoms with van der Waals surface area (Å²) in [4.78, 5) is 27.3. The van der Waals surface area contributed by atoms with Crippen molar-refractivity contribution in [1.29, 1.82) is 0 Å². The van der Waals surface area contributed by atoms with Gasteiger partial charge in [-0.2, -0.15) is 0 Å². The zero-order valence-corrected chi connectivity index (χ0v) is 20.8. The lowest BCUT2D eigenvalue weighted by molar-refractivity contribution is -0.125. The van der Waals surface area contributed by atoms with Gasteiger partial charge in [0.05, 0.1) is 32.5 Å². The lowest BCUT2D eigenvalue weighted by atomic mass is 10.1. The van der Waals surface area contributed by atoms with Crippen molar-refractivity contribution >= 4 is 18.0 Å². The van der Waals surface area contributed by atoms with Gasteiger partial charge in [0.1, 0.15) is 5.75 Å². The zero-order chi connectivity index (χ0) is 25.5. The number of benzene rings is 2. The van der Waals surface area contributed by atoms with Crippen molar-refractivity contribution in [2.45, 2.75) is 32.0 Å². The predicted octanol–water partition coefficient (Wildman–Crippen LogP) is 3.11. The summed E-state index contributed by atoms with van der Waals surface area (Å²) in [5, 5.41) is 11.1. The number of rotatable bonds is 9. The topological polar surface area (TPSA) is 98.6 Å². The molecule has 1 saturated heterocycles. The van der Waals surface area contributed by atoms with Gasteiger partial charge in [-0.05, 0) is 36.6 Å². The first-order valence-corrected chi connectivity index (χ1v) is 11.8.